The highest BCUT2D eigenvalue weighted by Crippen LogP contribution is 2.10. The quantitative estimate of drug-likeness (QED) is 0.863. The summed E-state index contributed by atoms with van der Waals surface area (Å²) in [6.07, 6.45) is 1.48. The van der Waals surface area contributed by atoms with Gasteiger partial charge in [-0.25, -0.2) is 0 Å². The topological polar surface area (TPSA) is 41.1 Å². The predicted molar refractivity (Wildman–Crippen MR) is 81.5 cm³/mol. The van der Waals surface area contributed by atoms with Crippen molar-refractivity contribution >= 4 is 17.7 Å². The minimum absolute atomic E-state index is 0.156. The molecule has 1 aliphatic heterocycles. The zero-order valence-corrected chi connectivity index (χ0v) is 12.2. The second-order valence-corrected chi connectivity index (χ2v) is 6.24. The van der Waals surface area contributed by atoms with Crippen LogP contribution in [0.25, 0.3) is 0 Å². The smallest absolute Gasteiger partial charge is 0.221 e. The number of nitrogens with one attached hydrogen (secondary N) is 2. The zero-order chi connectivity index (χ0) is 13.5. The van der Waals surface area contributed by atoms with Gasteiger partial charge in [-0.2, -0.15) is 11.8 Å². The van der Waals surface area contributed by atoms with Gasteiger partial charge < -0.3 is 10.6 Å². The van der Waals surface area contributed by atoms with Crippen LogP contribution >= 0.6 is 11.8 Å². The van der Waals surface area contributed by atoms with Gasteiger partial charge in [-0.15, -0.1) is 0 Å². The average molecular weight is 278 g/mol. The summed E-state index contributed by atoms with van der Waals surface area (Å²) in [5.41, 5.74) is 1.27. The van der Waals surface area contributed by atoms with Gasteiger partial charge in [-0.05, 0) is 18.9 Å². The van der Waals surface area contributed by atoms with Gasteiger partial charge in [0, 0.05) is 36.6 Å². The fourth-order valence-electron chi connectivity index (χ4n) is 2.33. The Balaban J connectivity index is 1.72. The monoisotopic (exact) mass is 278 g/mol. The van der Waals surface area contributed by atoms with Crippen molar-refractivity contribution in [2.45, 2.75) is 31.8 Å². The molecule has 0 bridgehead atoms. The van der Waals surface area contributed by atoms with Crippen molar-refractivity contribution in [2.75, 3.05) is 18.1 Å². The number of rotatable bonds is 5. The highest BCUT2D eigenvalue weighted by Gasteiger charge is 2.17. The summed E-state index contributed by atoms with van der Waals surface area (Å²) >= 11 is 1.92. The first-order valence-electron chi connectivity index (χ1n) is 6.88. The lowest BCUT2D eigenvalue weighted by Crippen LogP contribution is -2.43. The van der Waals surface area contributed by atoms with E-state index in [4.69, 9.17) is 0 Å². The van der Waals surface area contributed by atoms with Crippen LogP contribution in [0.5, 0.6) is 0 Å². The van der Waals surface area contributed by atoms with Gasteiger partial charge in [0.2, 0.25) is 5.91 Å². The Morgan fingerprint density at radius 2 is 2.26 bits per heavy atom. The molecule has 0 saturated carbocycles. The Kier molecular flexibility index (Phi) is 5.73. The van der Waals surface area contributed by atoms with E-state index in [0.29, 0.717) is 12.5 Å². The molecule has 1 fully saturated rings. The third-order valence-electron chi connectivity index (χ3n) is 3.22. The van der Waals surface area contributed by atoms with Gasteiger partial charge in [0.25, 0.3) is 0 Å². The van der Waals surface area contributed by atoms with Gasteiger partial charge in [0.15, 0.2) is 0 Å². The fraction of sp³-hybridized carbons (Fsp3) is 0.533. The molecule has 2 rings (SSSR count). The maximum absolute atomic E-state index is 12.0. The summed E-state index contributed by atoms with van der Waals surface area (Å²) < 4.78 is 0. The predicted octanol–water partition coefficient (Wildman–Crippen LogP) is 1.83. The maximum atomic E-state index is 12.0. The fourth-order valence-corrected chi connectivity index (χ4v) is 3.28. The largest absolute Gasteiger partial charge is 0.353 e. The van der Waals surface area contributed by atoms with E-state index in [1.54, 1.807) is 0 Å². The van der Waals surface area contributed by atoms with Crippen molar-refractivity contribution in [1.29, 1.82) is 0 Å². The molecule has 0 radical (unpaired) electrons. The summed E-state index contributed by atoms with van der Waals surface area (Å²) in [4.78, 5) is 12.0. The molecular formula is C15H22N2OS. The van der Waals surface area contributed by atoms with E-state index >= 15 is 0 Å². The number of amides is 1. The first kappa shape index (κ1) is 14.4. The third kappa shape index (κ3) is 5.25. The molecule has 1 saturated heterocycles. The van der Waals surface area contributed by atoms with Crippen molar-refractivity contribution in [1.82, 2.24) is 10.6 Å². The second kappa shape index (κ2) is 7.56. The second-order valence-electron chi connectivity index (χ2n) is 5.09. The Morgan fingerprint density at radius 3 is 2.95 bits per heavy atom. The van der Waals surface area contributed by atoms with Crippen molar-refractivity contribution in [3.63, 3.8) is 0 Å². The summed E-state index contributed by atoms with van der Waals surface area (Å²) in [5.74, 6) is 2.35. The normalized spacial score (nSPS) is 20.8. The molecule has 104 valence electrons. The molecule has 1 aliphatic rings. The molecular weight excluding hydrogens is 256 g/mol. The summed E-state index contributed by atoms with van der Waals surface area (Å²) in [6, 6.07) is 10.8. The van der Waals surface area contributed by atoms with Crippen molar-refractivity contribution in [3.8, 4) is 0 Å². The van der Waals surface area contributed by atoms with Crippen LogP contribution in [0.4, 0.5) is 0 Å². The first-order chi connectivity index (χ1) is 9.24. The number of hydrogen-bond acceptors (Lipinski definition) is 3. The highest BCUT2D eigenvalue weighted by atomic mass is 32.2. The minimum atomic E-state index is 0.156. The molecule has 4 heteroatoms. The number of benzene rings is 1. The lowest BCUT2D eigenvalue weighted by atomic mass is 10.1. The van der Waals surface area contributed by atoms with Gasteiger partial charge in [0.05, 0.1) is 0 Å². The van der Waals surface area contributed by atoms with E-state index in [1.165, 1.54) is 5.56 Å². The van der Waals surface area contributed by atoms with Crippen LogP contribution in [-0.2, 0) is 11.2 Å². The molecule has 2 unspecified atom stereocenters. The molecule has 1 heterocycles. The Morgan fingerprint density at radius 1 is 1.47 bits per heavy atom. The molecule has 0 spiro atoms. The van der Waals surface area contributed by atoms with Crippen molar-refractivity contribution in [2.24, 2.45) is 0 Å². The van der Waals surface area contributed by atoms with E-state index in [9.17, 15) is 4.79 Å². The van der Waals surface area contributed by atoms with Gasteiger partial charge >= 0.3 is 0 Å². The van der Waals surface area contributed by atoms with E-state index in [0.717, 1.165) is 24.5 Å². The third-order valence-corrected chi connectivity index (χ3v) is 4.35. The Labute approximate surface area is 119 Å². The number of carbonyl (C=O) groups excluding carboxylic acids is 1. The maximum Gasteiger partial charge on any atom is 0.221 e. The number of carbonyl (C=O) groups is 1. The minimum Gasteiger partial charge on any atom is -0.353 e. The van der Waals surface area contributed by atoms with Gasteiger partial charge in [0.1, 0.15) is 0 Å². The summed E-state index contributed by atoms with van der Waals surface area (Å²) in [6.45, 7) is 3.08. The molecule has 0 aromatic heterocycles. The molecule has 2 N–H and O–H groups in total. The van der Waals surface area contributed by atoms with Crippen molar-refractivity contribution < 1.29 is 4.79 Å². The molecule has 0 aliphatic carbocycles. The number of hydrogen-bond donors (Lipinski definition) is 2. The van der Waals surface area contributed by atoms with Crippen LogP contribution in [-0.4, -0.2) is 36.0 Å². The van der Waals surface area contributed by atoms with Crippen LogP contribution in [0.2, 0.25) is 0 Å². The Bertz CT molecular complexity index is 390. The molecule has 1 aromatic carbocycles. The molecule has 19 heavy (non-hydrogen) atoms. The van der Waals surface area contributed by atoms with Crippen LogP contribution in [0.15, 0.2) is 30.3 Å². The SMILES string of the molecule is CC(Cc1ccccc1)NC(=O)CC1CSCCN1. The van der Waals surface area contributed by atoms with Crippen molar-refractivity contribution in [3.05, 3.63) is 35.9 Å². The molecule has 1 aromatic rings. The lowest BCUT2D eigenvalue weighted by molar-refractivity contribution is -0.122. The average Bonchev–Trinajstić information content (AvgIpc) is 2.40. The zero-order valence-electron chi connectivity index (χ0n) is 11.4. The van der Waals surface area contributed by atoms with E-state index < -0.39 is 0 Å². The highest BCUT2D eigenvalue weighted by molar-refractivity contribution is 7.99. The van der Waals surface area contributed by atoms with Crippen LogP contribution in [0.1, 0.15) is 18.9 Å². The molecule has 2 atom stereocenters. The van der Waals surface area contributed by atoms with E-state index in [2.05, 4.69) is 29.7 Å². The van der Waals surface area contributed by atoms with Crippen LogP contribution < -0.4 is 10.6 Å². The molecule has 1 amide bonds. The lowest BCUT2D eigenvalue weighted by Gasteiger charge is -2.23. The van der Waals surface area contributed by atoms with E-state index in [-0.39, 0.29) is 11.9 Å². The first-order valence-corrected chi connectivity index (χ1v) is 8.04. The standard InChI is InChI=1S/C15H22N2OS/c1-12(9-13-5-3-2-4-6-13)17-15(18)10-14-11-19-8-7-16-14/h2-6,12,14,16H,7-11H2,1H3,(H,17,18). The van der Waals surface area contributed by atoms with Crippen LogP contribution in [0, 0.1) is 0 Å². The molecule has 3 nitrogen and oxygen atoms in total. The Hall–Kier alpha value is -1.000. The summed E-state index contributed by atoms with van der Waals surface area (Å²) in [7, 11) is 0. The summed E-state index contributed by atoms with van der Waals surface area (Å²) in [5, 5.41) is 6.48. The van der Waals surface area contributed by atoms with Gasteiger partial charge in [-0.3, -0.25) is 4.79 Å². The number of thioether (sulfide) groups is 1. The van der Waals surface area contributed by atoms with E-state index in [1.807, 2.05) is 30.0 Å². The van der Waals surface area contributed by atoms with Gasteiger partial charge in [-0.1, -0.05) is 30.3 Å². The van der Waals surface area contributed by atoms with Crippen LogP contribution in [0.3, 0.4) is 0 Å².